The number of ether oxygens (including phenoxy) is 1. The third-order valence-electron chi connectivity index (χ3n) is 3.52. The summed E-state index contributed by atoms with van der Waals surface area (Å²) in [4.78, 5) is 0. The average Bonchev–Trinajstić information content (AvgIpc) is 2.42. The Hall–Kier alpha value is -1.53. The van der Waals surface area contributed by atoms with E-state index in [0.717, 1.165) is 43.3 Å². The van der Waals surface area contributed by atoms with Gasteiger partial charge in [0.2, 0.25) is 0 Å². The normalized spacial score (nSPS) is 19.2. The standard InChI is InChI=1S/C15H20N2O/c1-12-4-5-15(9-14(12)10-16)18-8-6-13-3-2-7-17-11-13/h4-5,9,13,17H,2-3,6-8,11H2,1H3. The number of nitrogens with one attached hydrogen (secondary N) is 1. The number of rotatable bonds is 4. The van der Waals surface area contributed by atoms with Gasteiger partial charge in [0.15, 0.2) is 0 Å². The summed E-state index contributed by atoms with van der Waals surface area (Å²) in [6.45, 7) is 4.94. The highest BCUT2D eigenvalue weighted by molar-refractivity contribution is 5.42. The number of nitriles is 1. The first kappa shape index (κ1) is 12.9. The average molecular weight is 244 g/mol. The summed E-state index contributed by atoms with van der Waals surface area (Å²) >= 11 is 0. The third kappa shape index (κ3) is 3.48. The summed E-state index contributed by atoms with van der Waals surface area (Å²) in [7, 11) is 0. The molecule has 1 saturated heterocycles. The first-order valence-electron chi connectivity index (χ1n) is 6.64. The molecule has 1 aromatic carbocycles. The quantitative estimate of drug-likeness (QED) is 0.885. The topological polar surface area (TPSA) is 45.0 Å². The van der Waals surface area contributed by atoms with Crippen molar-refractivity contribution >= 4 is 0 Å². The fraction of sp³-hybridized carbons (Fsp3) is 0.533. The zero-order valence-corrected chi connectivity index (χ0v) is 10.9. The Morgan fingerprint density at radius 1 is 1.50 bits per heavy atom. The van der Waals surface area contributed by atoms with Crippen LogP contribution in [0.15, 0.2) is 18.2 Å². The van der Waals surface area contributed by atoms with Crippen LogP contribution in [0.1, 0.15) is 30.4 Å². The Balaban J connectivity index is 1.81. The van der Waals surface area contributed by atoms with E-state index in [1.54, 1.807) is 0 Å². The van der Waals surface area contributed by atoms with E-state index in [0.29, 0.717) is 5.56 Å². The van der Waals surface area contributed by atoms with Crippen molar-refractivity contribution in [2.24, 2.45) is 5.92 Å². The van der Waals surface area contributed by atoms with Crippen LogP contribution < -0.4 is 10.1 Å². The molecule has 1 heterocycles. The van der Waals surface area contributed by atoms with Gasteiger partial charge in [-0.15, -0.1) is 0 Å². The Kier molecular flexibility index (Phi) is 4.60. The molecule has 1 aliphatic rings. The number of nitrogens with zero attached hydrogens (tertiary/aromatic N) is 1. The van der Waals surface area contributed by atoms with Crippen molar-refractivity contribution in [2.75, 3.05) is 19.7 Å². The molecule has 0 aromatic heterocycles. The highest BCUT2D eigenvalue weighted by atomic mass is 16.5. The van der Waals surface area contributed by atoms with Gasteiger partial charge in [-0.05, 0) is 62.9 Å². The van der Waals surface area contributed by atoms with E-state index in [1.807, 2.05) is 25.1 Å². The number of hydrogen-bond acceptors (Lipinski definition) is 3. The van der Waals surface area contributed by atoms with E-state index >= 15 is 0 Å². The molecule has 1 aliphatic heterocycles. The molecule has 0 spiro atoms. The van der Waals surface area contributed by atoms with Gasteiger partial charge in [0.1, 0.15) is 5.75 Å². The molecule has 0 amide bonds. The van der Waals surface area contributed by atoms with Crippen molar-refractivity contribution in [1.82, 2.24) is 5.32 Å². The number of benzene rings is 1. The lowest BCUT2D eigenvalue weighted by molar-refractivity contribution is 0.254. The third-order valence-corrected chi connectivity index (χ3v) is 3.52. The maximum absolute atomic E-state index is 8.96. The van der Waals surface area contributed by atoms with Gasteiger partial charge < -0.3 is 10.1 Å². The fourth-order valence-corrected chi connectivity index (χ4v) is 2.33. The molecule has 3 nitrogen and oxygen atoms in total. The molecule has 18 heavy (non-hydrogen) atoms. The van der Waals surface area contributed by atoms with Crippen molar-refractivity contribution in [2.45, 2.75) is 26.2 Å². The second-order valence-electron chi connectivity index (χ2n) is 4.94. The molecule has 1 unspecified atom stereocenters. The van der Waals surface area contributed by atoms with Crippen molar-refractivity contribution in [3.05, 3.63) is 29.3 Å². The van der Waals surface area contributed by atoms with Gasteiger partial charge >= 0.3 is 0 Å². The second kappa shape index (κ2) is 6.42. The molecular formula is C15H20N2O. The van der Waals surface area contributed by atoms with E-state index in [4.69, 9.17) is 10.00 Å². The molecule has 96 valence electrons. The van der Waals surface area contributed by atoms with Crippen molar-refractivity contribution < 1.29 is 4.74 Å². The van der Waals surface area contributed by atoms with Gasteiger partial charge in [-0.1, -0.05) is 6.07 Å². The number of hydrogen-bond donors (Lipinski definition) is 1. The summed E-state index contributed by atoms with van der Waals surface area (Å²) in [5.41, 5.74) is 1.70. The van der Waals surface area contributed by atoms with Crippen molar-refractivity contribution in [3.63, 3.8) is 0 Å². The monoisotopic (exact) mass is 244 g/mol. The van der Waals surface area contributed by atoms with Gasteiger partial charge in [-0.25, -0.2) is 0 Å². The minimum Gasteiger partial charge on any atom is -0.494 e. The smallest absolute Gasteiger partial charge is 0.120 e. The maximum atomic E-state index is 8.96. The highest BCUT2D eigenvalue weighted by Crippen LogP contribution is 2.18. The predicted octanol–water partition coefficient (Wildman–Crippen LogP) is 2.64. The Labute approximate surface area is 109 Å². The van der Waals surface area contributed by atoms with E-state index in [1.165, 1.54) is 12.8 Å². The molecule has 1 aromatic rings. The first-order chi connectivity index (χ1) is 8.79. The van der Waals surface area contributed by atoms with Gasteiger partial charge in [0.05, 0.1) is 18.2 Å². The van der Waals surface area contributed by atoms with Crippen LogP contribution in [-0.4, -0.2) is 19.7 Å². The van der Waals surface area contributed by atoms with Crippen LogP contribution in [0.4, 0.5) is 0 Å². The molecule has 0 bridgehead atoms. The van der Waals surface area contributed by atoms with Gasteiger partial charge in [0, 0.05) is 0 Å². The van der Waals surface area contributed by atoms with E-state index in [-0.39, 0.29) is 0 Å². The lowest BCUT2D eigenvalue weighted by atomic mass is 9.97. The number of aryl methyl sites for hydroxylation is 1. The van der Waals surface area contributed by atoms with Crippen molar-refractivity contribution in [3.8, 4) is 11.8 Å². The molecule has 1 N–H and O–H groups in total. The van der Waals surface area contributed by atoms with Gasteiger partial charge in [-0.3, -0.25) is 0 Å². The predicted molar refractivity (Wildman–Crippen MR) is 71.6 cm³/mol. The van der Waals surface area contributed by atoms with E-state index in [9.17, 15) is 0 Å². The molecular weight excluding hydrogens is 224 g/mol. The summed E-state index contributed by atoms with van der Waals surface area (Å²) in [5, 5.41) is 12.4. The van der Waals surface area contributed by atoms with E-state index < -0.39 is 0 Å². The lowest BCUT2D eigenvalue weighted by Crippen LogP contribution is -2.30. The minimum atomic E-state index is 0.701. The summed E-state index contributed by atoms with van der Waals surface area (Å²) < 4.78 is 5.73. The Bertz CT molecular complexity index is 431. The maximum Gasteiger partial charge on any atom is 0.120 e. The summed E-state index contributed by atoms with van der Waals surface area (Å²) in [6, 6.07) is 7.89. The minimum absolute atomic E-state index is 0.701. The van der Waals surface area contributed by atoms with E-state index in [2.05, 4.69) is 11.4 Å². The molecule has 3 heteroatoms. The number of piperidine rings is 1. The van der Waals surface area contributed by atoms with Crippen LogP contribution in [0.5, 0.6) is 5.75 Å². The molecule has 1 atom stereocenters. The van der Waals surface area contributed by atoms with Crippen LogP contribution >= 0.6 is 0 Å². The first-order valence-corrected chi connectivity index (χ1v) is 6.64. The Morgan fingerprint density at radius 3 is 3.11 bits per heavy atom. The molecule has 0 radical (unpaired) electrons. The molecule has 0 aliphatic carbocycles. The second-order valence-corrected chi connectivity index (χ2v) is 4.94. The Morgan fingerprint density at radius 2 is 2.39 bits per heavy atom. The van der Waals surface area contributed by atoms with Crippen LogP contribution in [0, 0.1) is 24.2 Å². The molecule has 1 fully saturated rings. The summed E-state index contributed by atoms with van der Waals surface area (Å²) in [5.74, 6) is 1.54. The molecule has 2 rings (SSSR count). The zero-order valence-electron chi connectivity index (χ0n) is 10.9. The molecule has 0 saturated carbocycles. The van der Waals surface area contributed by atoms with Gasteiger partial charge in [0.25, 0.3) is 0 Å². The lowest BCUT2D eigenvalue weighted by Gasteiger charge is -2.22. The van der Waals surface area contributed by atoms with Gasteiger partial charge in [-0.2, -0.15) is 5.26 Å². The van der Waals surface area contributed by atoms with Crippen LogP contribution in [0.3, 0.4) is 0 Å². The van der Waals surface area contributed by atoms with Crippen molar-refractivity contribution in [1.29, 1.82) is 5.26 Å². The fourth-order valence-electron chi connectivity index (χ4n) is 2.33. The summed E-state index contributed by atoms with van der Waals surface area (Å²) in [6.07, 6.45) is 3.66. The SMILES string of the molecule is Cc1ccc(OCCC2CCCNC2)cc1C#N. The largest absolute Gasteiger partial charge is 0.494 e. The van der Waals surface area contributed by atoms with Crippen LogP contribution in [-0.2, 0) is 0 Å². The zero-order chi connectivity index (χ0) is 12.8. The highest BCUT2D eigenvalue weighted by Gasteiger charge is 2.12. The van der Waals surface area contributed by atoms with Crippen LogP contribution in [0.25, 0.3) is 0 Å². The van der Waals surface area contributed by atoms with Crippen LogP contribution in [0.2, 0.25) is 0 Å².